The van der Waals surface area contributed by atoms with Crippen LogP contribution in [0.3, 0.4) is 0 Å². The van der Waals surface area contributed by atoms with Gasteiger partial charge in [-0.25, -0.2) is 4.98 Å². The lowest BCUT2D eigenvalue weighted by atomic mass is 10.0. The Kier molecular flexibility index (Phi) is 4.40. The molecule has 1 amide bonds. The fraction of sp³-hybridized carbons (Fsp3) is 0.200. The Morgan fingerprint density at radius 1 is 1.12 bits per heavy atom. The molecule has 4 rings (SSSR count). The Morgan fingerprint density at radius 3 is 2.80 bits per heavy atom. The summed E-state index contributed by atoms with van der Waals surface area (Å²) in [4.78, 5) is 19.1. The van der Waals surface area contributed by atoms with Crippen LogP contribution in [-0.4, -0.2) is 35.0 Å². The maximum Gasteiger partial charge on any atom is 0.254 e. The summed E-state index contributed by atoms with van der Waals surface area (Å²) in [7, 11) is 0. The molecule has 5 heteroatoms. The number of halogens is 1. The average molecular weight is 397 g/mol. The van der Waals surface area contributed by atoms with Crippen LogP contribution in [0.2, 0.25) is 0 Å². The molecular weight excluding hydrogens is 380 g/mol. The van der Waals surface area contributed by atoms with Gasteiger partial charge in [-0.1, -0.05) is 36.4 Å². The molecule has 3 aromatic rings. The molecule has 0 saturated carbocycles. The minimum Gasteiger partial charge on any atom is -0.472 e. The molecule has 0 radical (unpaired) electrons. The van der Waals surface area contributed by atoms with Gasteiger partial charge in [-0.05, 0) is 38.8 Å². The summed E-state index contributed by atoms with van der Waals surface area (Å²) in [6.07, 6.45) is 2.50. The number of carbonyl (C=O) groups excluding carboxylic acids is 1. The second-order valence-corrected chi connectivity index (χ2v) is 7.04. The van der Waals surface area contributed by atoms with Gasteiger partial charge >= 0.3 is 0 Å². The molecule has 1 aliphatic rings. The number of ether oxygens (including phenoxy) is 1. The summed E-state index contributed by atoms with van der Waals surface area (Å²) in [5.41, 5.74) is 0.750. The van der Waals surface area contributed by atoms with Crippen molar-refractivity contribution in [2.24, 2.45) is 0 Å². The Hall–Kier alpha value is -2.40. The fourth-order valence-electron chi connectivity index (χ4n) is 3.19. The molecular formula is C20H17BrN2O2. The third-order valence-electron chi connectivity index (χ3n) is 4.44. The normalized spacial score (nSPS) is 17.0. The number of aromatic nitrogens is 1. The standard InChI is InChI=1S/C20H17BrN2O2/c21-15-8-9-19(22-12-15)25-16-10-11-23(13-16)20(24)18-7-3-5-14-4-1-2-6-17(14)18/h1-9,12,16H,10-11,13H2. The molecule has 0 spiro atoms. The van der Waals surface area contributed by atoms with Crippen LogP contribution in [-0.2, 0) is 0 Å². The number of rotatable bonds is 3. The molecule has 1 aliphatic heterocycles. The van der Waals surface area contributed by atoms with E-state index in [0.29, 0.717) is 19.0 Å². The van der Waals surface area contributed by atoms with Crippen molar-refractivity contribution >= 4 is 32.6 Å². The average Bonchev–Trinajstić information content (AvgIpc) is 3.11. The predicted octanol–water partition coefficient (Wildman–Crippen LogP) is 4.29. The zero-order valence-electron chi connectivity index (χ0n) is 13.6. The number of hydrogen-bond acceptors (Lipinski definition) is 3. The first-order valence-electron chi connectivity index (χ1n) is 8.26. The molecule has 0 bridgehead atoms. The SMILES string of the molecule is O=C(c1cccc2ccccc12)N1CCC(Oc2ccc(Br)cn2)C1. The smallest absolute Gasteiger partial charge is 0.254 e. The van der Waals surface area contributed by atoms with Crippen LogP contribution in [0.1, 0.15) is 16.8 Å². The van der Waals surface area contributed by atoms with Gasteiger partial charge in [0.15, 0.2) is 0 Å². The summed E-state index contributed by atoms with van der Waals surface area (Å²) in [6, 6.07) is 17.6. The molecule has 1 aromatic heterocycles. The quantitative estimate of drug-likeness (QED) is 0.662. The summed E-state index contributed by atoms with van der Waals surface area (Å²) < 4.78 is 6.82. The van der Waals surface area contributed by atoms with Crippen molar-refractivity contribution in [1.82, 2.24) is 9.88 Å². The van der Waals surface area contributed by atoms with Crippen LogP contribution in [0.4, 0.5) is 0 Å². The highest BCUT2D eigenvalue weighted by atomic mass is 79.9. The van der Waals surface area contributed by atoms with E-state index in [0.717, 1.165) is 27.2 Å². The van der Waals surface area contributed by atoms with E-state index in [-0.39, 0.29) is 12.0 Å². The molecule has 1 unspecified atom stereocenters. The highest BCUT2D eigenvalue weighted by molar-refractivity contribution is 9.10. The third-order valence-corrected chi connectivity index (χ3v) is 4.91. The first-order valence-corrected chi connectivity index (χ1v) is 9.05. The van der Waals surface area contributed by atoms with Crippen LogP contribution in [0.5, 0.6) is 5.88 Å². The minimum absolute atomic E-state index is 0.0207. The second kappa shape index (κ2) is 6.84. The van der Waals surface area contributed by atoms with Crippen molar-refractivity contribution in [3.8, 4) is 5.88 Å². The molecule has 2 aromatic carbocycles. The molecule has 2 heterocycles. The zero-order valence-corrected chi connectivity index (χ0v) is 15.1. The summed E-state index contributed by atoms with van der Waals surface area (Å²) >= 11 is 3.36. The number of amides is 1. The molecule has 1 fully saturated rings. The monoisotopic (exact) mass is 396 g/mol. The van der Waals surface area contributed by atoms with Gasteiger partial charge in [0.05, 0.1) is 6.54 Å². The van der Waals surface area contributed by atoms with Crippen molar-refractivity contribution in [3.63, 3.8) is 0 Å². The Balaban J connectivity index is 1.49. The number of hydrogen-bond donors (Lipinski definition) is 0. The first-order chi connectivity index (χ1) is 12.2. The third kappa shape index (κ3) is 3.37. The van der Waals surface area contributed by atoms with Gasteiger partial charge in [0.2, 0.25) is 5.88 Å². The largest absolute Gasteiger partial charge is 0.472 e. The Morgan fingerprint density at radius 2 is 1.96 bits per heavy atom. The van der Waals surface area contributed by atoms with Gasteiger partial charge in [-0.15, -0.1) is 0 Å². The van der Waals surface area contributed by atoms with Gasteiger partial charge in [-0.2, -0.15) is 0 Å². The number of likely N-dealkylation sites (tertiary alicyclic amines) is 1. The highest BCUT2D eigenvalue weighted by Gasteiger charge is 2.29. The van der Waals surface area contributed by atoms with Gasteiger partial charge in [0, 0.05) is 35.3 Å². The van der Waals surface area contributed by atoms with E-state index < -0.39 is 0 Å². The number of carbonyl (C=O) groups is 1. The second-order valence-electron chi connectivity index (χ2n) is 6.12. The van der Waals surface area contributed by atoms with E-state index in [4.69, 9.17) is 4.74 Å². The van der Waals surface area contributed by atoms with E-state index in [1.54, 1.807) is 6.20 Å². The van der Waals surface area contributed by atoms with Crippen LogP contribution in [0.15, 0.2) is 65.3 Å². The van der Waals surface area contributed by atoms with Crippen molar-refractivity contribution in [1.29, 1.82) is 0 Å². The van der Waals surface area contributed by atoms with Crippen LogP contribution in [0.25, 0.3) is 10.8 Å². The van der Waals surface area contributed by atoms with Crippen LogP contribution >= 0.6 is 15.9 Å². The highest BCUT2D eigenvalue weighted by Crippen LogP contribution is 2.23. The van der Waals surface area contributed by atoms with E-state index in [1.165, 1.54) is 0 Å². The van der Waals surface area contributed by atoms with Crippen LogP contribution < -0.4 is 4.74 Å². The molecule has 25 heavy (non-hydrogen) atoms. The fourth-order valence-corrected chi connectivity index (χ4v) is 3.43. The number of nitrogens with zero attached hydrogens (tertiary/aromatic N) is 2. The Labute approximate surface area is 154 Å². The molecule has 1 saturated heterocycles. The molecule has 126 valence electrons. The molecule has 1 atom stereocenters. The zero-order chi connectivity index (χ0) is 17.2. The van der Waals surface area contributed by atoms with E-state index >= 15 is 0 Å². The first kappa shape index (κ1) is 16.1. The molecule has 0 N–H and O–H groups in total. The number of pyridine rings is 1. The van der Waals surface area contributed by atoms with E-state index in [9.17, 15) is 4.79 Å². The van der Waals surface area contributed by atoms with Gasteiger partial charge in [-0.3, -0.25) is 4.79 Å². The lowest BCUT2D eigenvalue weighted by Crippen LogP contribution is -2.31. The van der Waals surface area contributed by atoms with Crippen molar-refractivity contribution in [3.05, 3.63) is 70.8 Å². The van der Waals surface area contributed by atoms with Crippen molar-refractivity contribution in [2.75, 3.05) is 13.1 Å². The van der Waals surface area contributed by atoms with Gasteiger partial charge in [0.25, 0.3) is 5.91 Å². The summed E-state index contributed by atoms with van der Waals surface area (Å²) in [6.45, 7) is 1.28. The van der Waals surface area contributed by atoms with E-state index in [2.05, 4.69) is 20.9 Å². The van der Waals surface area contributed by atoms with E-state index in [1.807, 2.05) is 59.5 Å². The lowest BCUT2D eigenvalue weighted by molar-refractivity contribution is 0.0773. The minimum atomic E-state index is -0.0207. The molecule has 0 aliphatic carbocycles. The topological polar surface area (TPSA) is 42.4 Å². The number of benzene rings is 2. The lowest BCUT2D eigenvalue weighted by Gasteiger charge is -2.18. The van der Waals surface area contributed by atoms with Gasteiger partial charge in [0.1, 0.15) is 6.10 Å². The molecule has 4 nitrogen and oxygen atoms in total. The maximum atomic E-state index is 13.0. The van der Waals surface area contributed by atoms with Crippen molar-refractivity contribution < 1.29 is 9.53 Å². The van der Waals surface area contributed by atoms with Crippen LogP contribution in [0, 0.1) is 0 Å². The summed E-state index contributed by atoms with van der Waals surface area (Å²) in [5.74, 6) is 0.652. The Bertz CT molecular complexity index is 906. The van der Waals surface area contributed by atoms with Crippen molar-refractivity contribution in [2.45, 2.75) is 12.5 Å². The predicted molar refractivity (Wildman–Crippen MR) is 101 cm³/mol. The summed E-state index contributed by atoms with van der Waals surface area (Å²) in [5, 5.41) is 2.08. The maximum absolute atomic E-state index is 13.0. The number of fused-ring (bicyclic) bond motifs is 1. The van der Waals surface area contributed by atoms with Gasteiger partial charge < -0.3 is 9.64 Å².